The second kappa shape index (κ2) is 9.64. The number of likely N-dealkylation sites (tertiary alicyclic amines) is 1. The van der Waals surface area contributed by atoms with E-state index >= 15 is 0 Å². The van der Waals surface area contributed by atoms with E-state index in [2.05, 4.69) is 28.4 Å². The second-order valence-corrected chi connectivity index (χ2v) is 6.76. The predicted octanol–water partition coefficient (Wildman–Crippen LogP) is 2.58. The van der Waals surface area contributed by atoms with Crippen molar-refractivity contribution in [1.82, 2.24) is 15.1 Å². The van der Waals surface area contributed by atoms with Gasteiger partial charge in [0.2, 0.25) is 0 Å². The molecule has 0 spiro atoms. The molecule has 5 nitrogen and oxygen atoms in total. The molecule has 1 saturated heterocycles. The maximum absolute atomic E-state index is 12.2. The van der Waals surface area contributed by atoms with Gasteiger partial charge in [-0.05, 0) is 44.0 Å². The van der Waals surface area contributed by atoms with Gasteiger partial charge in [-0.15, -0.1) is 0 Å². The molecular formula is C19H31N3O2. The van der Waals surface area contributed by atoms with Crippen LogP contribution in [0.1, 0.15) is 43.7 Å². The smallest absolute Gasteiger partial charge is 0.317 e. The molecule has 0 aromatic heterocycles. The molecule has 134 valence electrons. The molecule has 1 aromatic carbocycles. The molecule has 24 heavy (non-hydrogen) atoms. The van der Waals surface area contributed by atoms with Crippen LogP contribution in [0.15, 0.2) is 24.3 Å². The van der Waals surface area contributed by atoms with Gasteiger partial charge in [-0.1, -0.05) is 37.1 Å². The van der Waals surface area contributed by atoms with Crippen LogP contribution in [0, 0.1) is 0 Å². The molecule has 1 aliphatic rings. The van der Waals surface area contributed by atoms with E-state index < -0.39 is 0 Å². The van der Waals surface area contributed by atoms with E-state index in [1.165, 1.54) is 41.7 Å². The molecule has 0 radical (unpaired) electrons. The average molecular weight is 333 g/mol. The van der Waals surface area contributed by atoms with Crippen LogP contribution < -0.4 is 5.32 Å². The van der Waals surface area contributed by atoms with Gasteiger partial charge in [-0.3, -0.25) is 4.90 Å². The Morgan fingerprint density at radius 3 is 2.46 bits per heavy atom. The number of hydrogen-bond acceptors (Lipinski definition) is 3. The lowest BCUT2D eigenvalue weighted by atomic mass is 10.1. The Balaban J connectivity index is 1.94. The quantitative estimate of drug-likeness (QED) is 0.841. The van der Waals surface area contributed by atoms with E-state index in [1.54, 1.807) is 7.05 Å². The minimum atomic E-state index is -0.183. The number of rotatable bonds is 6. The van der Waals surface area contributed by atoms with Crippen LogP contribution in [-0.2, 0) is 13.1 Å². The van der Waals surface area contributed by atoms with E-state index in [4.69, 9.17) is 5.11 Å². The summed E-state index contributed by atoms with van der Waals surface area (Å²) in [5, 5.41) is 12.1. The van der Waals surface area contributed by atoms with Crippen molar-refractivity contribution in [3.05, 3.63) is 35.4 Å². The number of urea groups is 1. The molecule has 1 unspecified atom stereocenters. The number of likely N-dealkylation sites (N-methyl/N-ethyl adjacent to an activating group) is 1. The summed E-state index contributed by atoms with van der Waals surface area (Å²) >= 11 is 0. The molecule has 2 rings (SSSR count). The standard InChI is InChI=1S/C19H31N3O2/c1-16(15-23)21(2)19(24)20-13-17-9-5-6-10-18(17)14-22-11-7-3-4-8-12-22/h5-6,9-10,16,23H,3-4,7-8,11-15H2,1-2H3,(H,20,24). The Morgan fingerprint density at radius 1 is 1.21 bits per heavy atom. The summed E-state index contributed by atoms with van der Waals surface area (Å²) < 4.78 is 0. The number of amides is 2. The number of nitrogens with zero attached hydrogens (tertiary/aromatic N) is 2. The summed E-state index contributed by atoms with van der Waals surface area (Å²) in [5.74, 6) is 0. The Hall–Kier alpha value is -1.59. The van der Waals surface area contributed by atoms with Crippen LogP contribution in [0.25, 0.3) is 0 Å². The normalized spacial score (nSPS) is 17.1. The summed E-state index contributed by atoms with van der Waals surface area (Å²) in [6.07, 6.45) is 5.23. The minimum absolute atomic E-state index is 0.0323. The Bertz CT molecular complexity index is 513. The van der Waals surface area contributed by atoms with Crippen molar-refractivity contribution in [3.63, 3.8) is 0 Å². The third-order valence-corrected chi connectivity index (χ3v) is 4.89. The first kappa shape index (κ1) is 18.7. The highest BCUT2D eigenvalue weighted by molar-refractivity contribution is 5.74. The van der Waals surface area contributed by atoms with Crippen molar-refractivity contribution in [3.8, 4) is 0 Å². The Labute approximate surface area is 145 Å². The molecule has 1 heterocycles. The van der Waals surface area contributed by atoms with Crippen LogP contribution in [0.2, 0.25) is 0 Å². The summed E-state index contributed by atoms with van der Waals surface area (Å²) in [7, 11) is 1.71. The maximum Gasteiger partial charge on any atom is 0.317 e. The molecule has 1 atom stereocenters. The molecule has 0 bridgehead atoms. The molecule has 1 aromatic rings. The van der Waals surface area contributed by atoms with Crippen molar-refractivity contribution in [1.29, 1.82) is 0 Å². The third kappa shape index (κ3) is 5.49. The van der Waals surface area contributed by atoms with Gasteiger partial charge < -0.3 is 15.3 Å². The summed E-state index contributed by atoms with van der Waals surface area (Å²) in [6, 6.07) is 8.00. The topological polar surface area (TPSA) is 55.8 Å². The number of carbonyl (C=O) groups excluding carboxylic acids is 1. The lowest BCUT2D eigenvalue weighted by Gasteiger charge is -2.24. The van der Waals surface area contributed by atoms with Crippen molar-refractivity contribution in [2.45, 2.75) is 51.7 Å². The second-order valence-electron chi connectivity index (χ2n) is 6.76. The fourth-order valence-electron chi connectivity index (χ4n) is 3.04. The fourth-order valence-corrected chi connectivity index (χ4v) is 3.04. The van der Waals surface area contributed by atoms with Crippen LogP contribution in [0.4, 0.5) is 4.79 Å². The zero-order valence-corrected chi connectivity index (χ0v) is 15.0. The third-order valence-electron chi connectivity index (χ3n) is 4.89. The van der Waals surface area contributed by atoms with Crippen LogP contribution in [-0.4, -0.2) is 53.7 Å². The maximum atomic E-state index is 12.2. The van der Waals surface area contributed by atoms with Crippen molar-refractivity contribution < 1.29 is 9.90 Å². The molecule has 1 aliphatic heterocycles. The number of hydrogen-bond donors (Lipinski definition) is 2. The summed E-state index contributed by atoms with van der Waals surface area (Å²) in [4.78, 5) is 16.2. The first-order chi connectivity index (χ1) is 11.6. The number of benzene rings is 1. The van der Waals surface area contributed by atoms with E-state index in [9.17, 15) is 4.79 Å². The molecule has 0 saturated carbocycles. The lowest BCUT2D eigenvalue weighted by Crippen LogP contribution is -2.43. The fraction of sp³-hybridized carbons (Fsp3) is 0.632. The highest BCUT2D eigenvalue weighted by atomic mass is 16.3. The highest BCUT2D eigenvalue weighted by Crippen LogP contribution is 2.16. The van der Waals surface area contributed by atoms with E-state index in [1.807, 2.05) is 13.0 Å². The first-order valence-electron chi connectivity index (χ1n) is 9.02. The average Bonchev–Trinajstić information content (AvgIpc) is 2.88. The SMILES string of the molecule is CC(CO)N(C)C(=O)NCc1ccccc1CN1CCCCCC1. The zero-order chi connectivity index (χ0) is 17.4. The van der Waals surface area contributed by atoms with Crippen molar-refractivity contribution in [2.24, 2.45) is 0 Å². The van der Waals surface area contributed by atoms with Gasteiger partial charge in [-0.2, -0.15) is 0 Å². The largest absolute Gasteiger partial charge is 0.394 e. The number of aliphatic hydroxyl groups is 1. The Morgan fingerprint density at radius 2 is 1.83 bits per heavy atom. The molecule has 1 fully saturated rings. The number of aliphatic hydroxyl groups excluding tert-OH is 1. The van der Waals surface area contributed by atoms with Gasteiger partial charge in [0.05, 0.1) is 12.6 Å². The van der Waals surface area contributed by atoms with Crippen molar-refractivity contribution in [2.75, 3.05) is 26.7 Å². The molecule has 5 heteroatoms. The first-order valence-corrected chi connectivity index (χ1v) is 9.02. The van der Waals surface area contributed by atoms with Gasteiger partial charge in [0.15, 0.2) is 0 Å². The van der Waals surface area contributed by atoms with Crippen molar-refractivity contribution >= 4 is 6.03 Å². The number of nitrogens with one attached hydrogen (secondary N) is 1. The zero-order valence-electron chi connectivity index (χ0n) is 15.0. The van der Waals surface area contributed by atoms with E-state index in [-0.39, 0.29) is 18.7 Å². The van der Waals surface area contributed by atoms with E-state index in [0.717, 1.165) is 19.6 Å². The molecule has 0 aliphatic carbocycles. The molecular weight excluding hydrogens is 302 g/mol. The van der Waals surface area contributed by atoms with E-state index in [0.29, 0.717) is 6.54 Å². The Kier molecular flexibility index (Phi) is 7.53. The van der Waals surface area contributed by atoms with Gasteiger partial charge in [0.25, 0.3) is 0 Å². The minimum Gasteiger partial charge on any atom is -0.394 e. The highest BCUT2D eigenvalue weighted by Gasteiger charge is 2.15. The van der Waals surface area contributed by atoms with Gasteiger partial charge in [0, 0.05) is 20.1 Å². The van der Waals surface area contributed by atoms with Crippen LogP contribution in [0.5, 0.6) is 0 Å². The van der Waals surface area contributed by atoms with Crippen LogP contribution >= 0.6 is 0 Å². The summed E-state index contributed by atoms with van der Waals surface area (Å²) in [5.41, 5.74) is 2.46. The number of carbonyl (C=O) groups is 1. The van der Waals surface area contributed by atoms with Gasteiger partial charge in [-0.25, -0.2) is 4.79 Å². The summed E-state index contributed by atoms with van der Waals surface area (Å²) in [6.45, 7) is 5.59. The van der Waals surface area contributed by atoms with Gasteiger partial charge in [0.1, 0.15) is 0 Å². The van der Waals surface area contributed by atoms with Crippen LogP contribution in [0.3, 0.4) is 0 Å². The molecule has 2 N–H and O–H groups in total. The predicted molar refractivity (Wildman–Crippen MR) is 96.7 cm³/mol. The van der Waals surface area contributed by atoms with Gasteiger partial charge >= 0.3 is 6.03 Å². The molecule has 2 amide bonds. The monoisotopic (exact) mass is 333 g/mol. The lowest BCUT2D eigenvalue weighted by molar-refractivity contribution is 0.157.